The molecule has 1 atom stereocenters. The molecule has 0 radical (unpaired) electrons. The third kappa shape index (κ3) is 3.03. The molecule has 0 bridgehead atoms. The van der Waals surface area contributed by atoms with Gasteiger partial charge in [-0.1, -0.05) is 12.8 Å². The molecule has 2 fully saturated rings. The molecular formula is C21H25N5O3S. The monoisotopic (exact) mass is 427 g/mol. The summed E-state index contributed by atoms with van der Waals surface area (Å²) in [7, 11) is 0. The van der Waals surface area contributed by atoms with E-state index in [2.05, 4.69) is 32.5 Å². The quantitative estimate of drug-likeness (QED) is 0.645. The maximum absolute atomic E-state index is 13.0. The third-order valence-corrected chi connectivity index (χ3v) is 7.35. The maximum atomic E-state index is 13.0. The highest BCUT2D eigenvalue weighted by Gasteiger charge is 2.44. The number of nitrogens with zero attached hydrogens (tertiary/aromatic N) is 4. The molecule has 1 aliphatic heterocycles. The summed E-state index contributed by atoms with van der Waals surface area (Å²) in [6.45, 7) is 3.72. The van der Waals surface area contributed by atoms with Crippen LogP contribution in [0.15, 0.2) is 18.3 Å². The Balaban J connectivity index is 1.75. The molecule has 4 heterocycles. The minimum Gasteiger partial charge on any atom is -0.389 e. The van der Waals surface area contributed by atoms with Crippen LogP contribution in [0.4, 0.5) is 5.82 Å². The van der Waals surface area contributed by atoms with Crippen LogP contribution in [0.1, 0.15) is 38.2 Å². The average molecular weight is 428 g/mol. The van der Waals surface area contributed by atoms with Gasteiger partial charge < -0.3 is 14.7 Å². The third-order valence-electron chi connectivity index (χ3n) is 6.48. The van der Waals surface area contributed by atoms with Crippen LogP contribution in [0, 0.1) is 0 Å². The lowest BCUT2D eigenvalue weighted by Crippen LogP contribution is -2.44. The van der Waals surface area contributed by atoms with Gasteiger partial charge in [-0.3, -0.25) is 9.89 Å². The van der Waals surface area contributed by atoms with Gasteiger partial charge in [-0.25, -0.2) is 4.98 Å². The zero-order chi connectivity index (χ0) is 20.7. The molecule has 1 aliphatic carbocycles. The van der Waals surface area contributed by atoms with Crippen molar-refractivity contribution in [3.05, 3.63) is 23.9 Å². The molecule has 1 saturated carbocycles. The van der Waals surface area contributed by atoms with Crippen molar-refractivity contribution < 1.29 is 14.6 Å². The van der Waals surface area contributed by atoms with Gasteiger partial charge in [-0.05, 0) is 49.0 Å². The van der Waals surface area contributed by atoms with Crippen molar-refractivity contribution in [2.24, 2.45) is 0 Å². The van der Waals surface area contributed by atoms with E-state index in [4.69, 9.17) is 9.72 Å². The maximum Gasteiger partial charge on any atom is 0.168 e. The predicted molar refractivity (Wildman–Crippen MR) is 115 cm³/mol. The number of aromatic nitrogens is 4. The van der Waals surface area contributed by atoms with Crippen LogP contribution in [-0.4, -0.2) is 62.9 Å². The number of hydrogen-bond acceptors (Lipinski definition) is 8. The first-order valence-electron chi connectivity index (χ1n) is 10.4. The van der Waals surface area contributed by atoms with E-state index in [1.54, 1.807) is 6.20 Å². The van der Waals surface area contributed by atoms with Gasteiger partial charge in [-0.2, -0.15) is 9.47 Å². The Morgan fingerprint density at radius 1 is 1.43 bits per heavy atom. The van der Waals surface area contributed by atoms with Crippen LogP contribution in [-0.2, 0) is 14.9 Å². The van der Waals surface area contributed by atoms with Crippen LogP contribution in [0.25, 0.3) is 21.6 Å². The van der Waals surface area contributed by atoms with Gasteiger partial charge in [-0.15, -0.1) is 0 Å². The molecule has 1 saturated heterocycles. The topological polar surface area (TPSA) is 104 Å². The molecule has 0 unspecified atom stereocenters. The second-order valence-corrected chi connectivity index (χ2v) is 8.97. The number of hydrogen-bond donors (Lipinski definition) is 2. The number of carbonyl (C=O) groups is 1. The number of carbonyl (C=O) groups excluding carboxylic acids is 1. The standard InChI is InChI=1S/C21H25N5O3S/c1-13-12-29-9-8-26(13)17-10-14(21(16(28)11-27)5-2-3-6-21)20-19(23-17)18(25-30-20)15-4-7-22-24-15/h4,7,10,13,27H,2-3,5-6,8-9,11-12H2,1H3,(H,22,24)/t13-/m1/s1. The fourth-order valence-electron chi connectivity index (χ4n) is 4.87. The van der Waals surface area contributed by atoms with Crippen LogP contribution < -0.4 is 4.90 Å². The Kier molecular flexibility index (Phi) is 5.04. The number of anilines is 1. The van der Waals surface area contributed by atoms with E-state index in [1.165, 1.54) is 11.5 Å². The van der Waals surface area contributed by atoms with E-state index in [0.29, 0.717) is 13.2 Å². The minimum atomic E-state index is -0.669. The van der Waals surface area contributed by atoms with Crippen molar-refractivity contribution in [3.63, 3.8) is 0 Å². The minimum absolute atomic E-state index is 0.107. The number of nitrogens with one attached hydrogen (secondary N) is 1. The molecule has 3 aromatic rings. The molecule has 9 heteroatoms. The van der Waals surface area contributed by atoms with E-state index in [0.717, 1.165) is 65.2 Å². The van der Waals surface area contributed by atoms with Crippen molar-refractivity contribution in [1.82, 2.24) is 19.6 Å². The van der Waals surface area contributed by atoms with E-state index in [9.17, 15) is 9.90 Å². The molecule has 2 aliphatic rings. The number of aliphatic hydroxyl groups excluding tert-OH is 1. The first-order chi connectivity index (χ1) is 14.6. The number of aliphatic hydroxyl groups is 1. The molecule has 0 aromatic carbocycles. The van der Waals surface area contributed by atoms with Crippen LogP contribution in [0.2, 0.25) is 0 Å². The Bertz CT molecular complexity index is 1060. The van der Waals surface area contributed by atoms with Crippen molar-refractivity contribution >= 4 is 33.4 Å². The lowest BCUT2D eigenvalue weighted by Gasteiger charge is -2.35. The zero-order valence-electron chi connectivity index (χ0n) is 16.9. The first-order valence-corrected chi connectivity index (χ1v) is 11.2. The Morgan fingerprint density at radius 3 is 2.97 bits per heavy atom. The van der Waals surface area contributed by atoms with Crippen LogP contribution in [0.5, 0.6) is 0 Å². The van der Waals surface area contributed by atoms with E-state index < -0.39 is 12.0 Å². The molecular weight excluding hydrogens is 402 g/mol. The average Bonchev–Trinajstić information content (AvgIpc) is 3.53. The molecule has 8 nitrogen and oxygen atoms in total. The van der Waals surface area contributed by atoms with Gasteiger partial charge in [0.2, 0.25) is 0 Å². The van der Waals surface area contributed by atoms with Gasteiger partial charge >= 0.3 is 0 Å². The van der Waals surface area contributed by atoms with Crippen molar-refractivity contribution in [2.45, 2.75) is 44.1 Å². The fourth-order valence-corrected chi connectivity index (χ4v) is 5.82. The van der Waals surface area contributed by atoms with Gasteiger partial charge in [0.15, 0.2) is 5.78 Å². The number of aromatic amines is 1. The summed E-state index contributed by atoms with van der Waals surface area (Å²) in [6, 6.07) is 4.13. The Morgan fingerprint density at radius 2 is 2.27 bits per heavy atom. The molecule has 0 spiro atoms. The largest absolute Gasteiger partial charge is 0.389 e. The van der Waals surface area contributed by atoms with Gasteiger partial charge in [0.25, 0.3) is 0 Å². The molecule has 2 N–H and O–H groups in total. The number of pyridine rings is 1. The summed E-state index contributed by atoms with van der Waals surface area (Å²) in [6.07, 6.45) is 5.15. The van der Waals surface area contributed by atoms with E-state index >= 15 is 0 Å². The highest BCUT2D eigenvalue weighted by molar-refractivity contribution is 7.13. The summed E-state index contributed by atoms with van der Waals surface area (Å²) >= 11 is 1.37. The second kappa shape index (κ2) is 7.72. The van der Waals surface area contributed by atoms with Crippen molar-refractivity contribution in [2.75, 3.05) is 31.3 Å². The normalized spacial score (nSPS) is 21.4. The summed E-state index contributed by atoms with van der Waals surface area (Å²) in [5, 5.41) is 16.8. The summed E-state index contributed by atoms with van der Waals surface area (Å²) in [5.74, 6) is 0.733. The van der Waals surface area contributed by atoms with Crippen LogP contribution in [0.3, 0.4) is 0 Å². The highest BCUT2D eigenvalue weighted by atomic mass is 32.1. The molecule has 3 aromatic heterocycles. The number of H-pyrrole nitrogens is 1. The van der Waals surface area contributed by atoms with E-state index in [-0.39, 0.29) is 11.8 Å². The second-order valence-electron chi connectivity index (χ2n) is 8.20. The summed E-state index contributed by atoms with van der Waals surface area (Å²) in [5.41, 5.74) is 2.63. The Hall–Kier alpha value is -2.36. The lowest BCUT2D eigenvalue weighted by molar-refractivity contribution is -0.127. The Labute approximate surface area is 178 Å². The first kappa shape index (κ1) is 19.6. The number of ketones is 1. The highest BCUT2D eigenvalue weighted by Crippen LogP contribution is 2.47. The SMILES string of the molecule is C[C@@H]1COCCN1c1cc(C2(C(=O)CO)CCCC2)c2snc(-c3ccn[nH]3)c2n1. The fraction of sp³-hybridized carbons (Fsp3) is 0.524. The van der Waals surface area contributed by atoms with Crippen LogP contribution >= 0.6 is 11.5 Å². The summed E-state index contributed by atoms with van der Waals surface area (Å²) < 4.78 is 11.2. The van der Waals surface area contributed by atoms with Gasteiger partial charge in [0.1, 0.15) is 23.6 Å². The number of rotatable bonds is 5. The number of Topliss-reactive ketones (excluding diaryl/α,β-unsaturated/α-hetero) is 1. The van der Waals surface area contributed by atoms with Gasteiger partial charge in [0.05, 0.1) is 35.1 Å². The smallest absolute Gasteiger partial charge is 0.168 e. The van der Waals surface area contributed by atoms with Crippen molar-refractivity contribution in [3.8, 4) is 11.4 Å². The number of ether oxygens (including phenoxy) is 1. The number of fused-ring (bicyclic) bond motifs is 1. The van der Waals surface area contributed by atoms with E-state index in [1.807, 2.05) is 6.07 Å². The number of morpholine rings is 1. The summed E-state index contributed by atoms with van der Waals surface area (Å²) in [4.78, 5) is 20.3. The molecule has 158 valence electrons. The zero-order valence-corrected chi connectivity index (χ0v) is 17.7. The predicted octanol–water partition coefficient (Wildman–Crippen LogP) is 2.68. The molecule has 30 heavy (non-hydrogen) atoms. The van der Waals surface area contributed by atoms with Crippen molar-refractivity contribution in [1.29, 1.82) is 0 Å². The molecule has 5 rings (SSSR count). The lowest BCUT2D eigenvalue weighted by atomic mass is 9.75. The molecule has 0 amide bonds. The van der Waals surface area contributed by atoms with Gasteiger partial charge in [0, 0.05) is 12.7 Å².